The molecule has 3 rings (SSSR count). The fraction of sp³-hybridized carbons (Fsp3) is 0.333. The number of ether oxygens (including phenoxy) is 1. The van der Waals surface area contributed by atoms with Crippen LogP contribution in [0.2, 0.25) is 0 Å². The van der Waals surface area contributed by atoms with E-state index >= 15 is 0 Å². The number of nitrogens with one attached hydrogen (secondary N) is 1. The lowest BCUT2D eigenvalue weighted by atomic mass is 10.0. The molecule has 0 atom stereocenters. The largest absolute Gasteiger partial charge is 0.493 e. The Morgan fingerprint density at radius 1 is 1.25 bits per heavy atom. The SMILES string of the molecule is NCCNc1cc(-c2ccc3c(c2)CCCO3)ncn1. The Morgan fingerprint density at radius 3 is 3.10 bits per heavy atom. The summed E-state index contributed by atoms with van der Waals surface area (Å²) in [7, 11) is 0. The summed E-state index contributed by atoms with van der Waals surface area (Å²) in [5, 5.41) is 3.17. The summed E-state index contributed by atoms with van der Waals surface area (Å²) < 4.78 is 5.63. The molecule has 1 aromatic heterocycles. The summed E-state index contributed by atoms with van der Waals surface area (Å²) in [4.78, 5) is 8.53. The Bertz CT molecular complexity index is 600. The van der Waals surface area contributed by atoms with Crippen LogP contribution in [0.5, 0.6) is 5.75 Å². The minimum absolute atomic E-state index is 0.579. The number of hydrogen-bond acceptors (Lipinski definition) is 5. The van der Waals surface area contributed by atoms with Gasteiger partial charge in [0.2, 0.25) is 0 Å². The summed E-state index contributed by atoms with van der Waals surface area (Å²) in [6.07, 6.45) is 3.71. The molecular formula is C15H18N4O. The van der Waals surface area contributed by atoms with Crippen molar-refractivity contribution in [2.45, 2.75) is 12.8 Å². The van der Waals surface area contributed by atoms with Gasteiger partial charge in [-0.3, -0.25) is 0 Å². The van der Waals surface area contributed by atoms with Crippen LogP contribution in [-0.2, 0) is 6.42 Å². The highest BCUT2D eigenvalue weighted by molar-refractivity contribution is 5.64. The lowest BCUT2D eigenvalue weighted by Gasteiger charge is -2.17. The van der Waals surface area contributed by atoms with Crippen molar-refractivity contribution in [1.82, 2.24) is 9.97 Å². The first-order valence-electron chi connectivity index (χ1n) is 6.89. The number of hydrogen-bond donors (Lipinski definition) is 2. The van der Waals surface area contributed by atoms with Crippen molar-refractivity contribution in [3.05, 3.63) is 36.2 Å². The second-order valence-electron chi connectivity index (χ2n) is 4.78. The summed E-state index contributed by atoms with van der Waals surface area (Å²) in [5.41, 5.74) is 8.74. The van der Waals surface area contributed by atoms with Gasteiger partial charge in [0.15, 0.2) is 0 Å². The Hall–Kier alpha value is -2.14. The zero-order valence-corrected chi connectivity index (χ0v) is 11.3. The summed E-state index contributed by atoms with van der Waals surface area (Å²) in [6, 6.07) is 8.17. The van der Waals surface area contributed by atoms with Crippen LogP contribution < -0.4 is 15.8 Å². The maximum absolute atomic E-state index is 5.63. The standard InChI is InChI=1S/C15H18N4O/c16-5-6-17-15-9-13(18-10-19-15)11-3-4-14-12(8-11)2-1-7-20-14/h3-4,8-10H,1-2,5-7,16H2,(H,17,18,19). The minimum Gasteiger partial charge on any atom is -0.493 e. The average molecular weight is 270 g/mol. The molecule has 0 fully saturated rings. The van der Waals surface area contributed by atoms with Gasteiger partial charge in [0.25, 0.3) is 0 Å². The number of nitrogens with zero attached hydrogens (tertiary/aromatic N) is 2. The van der Waals surface area contributed by atoms with Gasteiger partial charge in [0.1, 0.15) is 17.9 Å². The molecule has 0 unspecified atom stereocenters. The molecule has 0 bridgehead atoms. The Kier molecular flexibility index (Phi) is 3.78. The Labute approximate surface area is 118 Å². The molecule has 0 saturated carbocycles. The van der Waals surface area contributed by atoms with E-state index < -0.39 is 0 Å². The number of aryl methyl sites for hydroxylation is 1. The fourth-order valence-corrected chi connectivity index (χ4v) is 2.33. The monoisotopic (exact) mass is 270 g/mol. The van der Waals surface area contributed by atoms with E-state index in [9.17, 15) is 0 Å². The molecule has 0 saturated heterocycles. The normalized spacial score (nSPS) is 13.4. The summed E-state index contributed by atoms with van der Waals surface area (Å²) in [5.74, 6) is 1.80. The third-order valence-corrected chi connectivity index (χ3v) is 3.32. The Balaban J connectivity index is 1.88. The first kappa shape index (κ1) is 12.9. The van der Waals surface area contributed by atoms with Gasteiger partial charge in [0.05, 0.1) is 12.3 Å². The third kappa shape index (κ3) is 2.72. The van der Waals surface area contributed by atoms with Crippen LogP contribution in [-0.4, -0.2) is 29.7 Å². The molecule has 1 aliphatic heterocycles. The van der Waals surface area contributed by atoms with Gasteiger partial charge in [0, 0.05) is 24.7 Å². The maximum atomic E-state index is 5.63. The first-order chi connectivity index (χ1) is 9.86. The van der Waals surface area contributed by atoms with Crippen molar-refractivity contribution in [2.75, 3.05) is 25.0 Å². The van der Waals surface area contributed by atoms with Crippen molar-refractivity contribution in [2.24, 2.45) is 5.73 Å². The van der Waals surface area contributed by atoms with Gasteiger partial charge < -0.3 is 15.8 Å². The minimum atomic E-state index is 0.579. The third-order valence-electron chi connectivity index (χ3n) is 3.32. The smallest absolute Gasteiger partial charge is 0.129 e. The second-order valence-corrected chi connectivity index (χ2v) is 4.78. The predicted molar refractivity (Wildman–Crippen MR) is 78.8 cm³/mol. The van der Waals surface area contributed by atoms with Gasteiger partial charge in [-0.1, -0.05) is 0 Å². The zero-order chi connectivity index (χ0) is 13.8. The van der Waals surface area contributed by atoms with E-state index in [1.807, 2.05) is 18.2 Å². The number of nitrogens with two attached hydrogens (primary N) is 1. The van der Waals surface area contributed by atoms with E-state index in [0.717, 1.165) is 42.3 Å². The molecule has 5 heteroatoms. The van der Waals surface area contributed by atoms with Crippen molar-refractivity contribution >= 4 is 5.82 Å². The highest BCUT2D eigenvalue weighted by Gasteiger charge is 2.12. The zero-order valence-electron chi connectivity index (χ0n) is 11.3. The Morgan fingerprint density at radius 2 is 2.20 bits per heavy atom. The molecule has 20 heavy (non-hydrogen) atoms. The van der Waals surface area contributed by atoms with E-state index in [1.165, 1.54) is 5.56 Å². The molecule has 1 aliphatic rings. The molecule has 5 nitrogen and oxygen atoms in total. The molecule has 104 valence electrons. The number of fused-ring (bicyclic) bond motifs is 1. The lowest BCUT2D eigenvalue weighted by molar-refractivity contribution is 0.288. The van der Waals surface area contributed by atoms with Crippen molar-refractivity contribution in [3.8, 4) is 17.0 Å². The van der Waals surface area contributed by atoms with Gasteiger partial charge in [-0.2, -0.15) is 0 Å². The van der Waals surface area contributed by atoms with Crippen LogP contribution in [0.4, 0.5) is 5.82 Å². The van der Waals surface area contributed by atoms with Crippen molar-refractivity contribution in [1.29, 1.82) is 0 Å². The topological polar surface area (TPSA) is 73.1 Å². The molecule has 2 aromatic rings. The first-order valence-corrected chi connectivity index (χ1v) is 6.89. The van der Waals surface area contributed by atoms with Crippen LogP contribution >= 0.6 is 0 Å². The van der Waals surface area contributed by atoms with Gasteiger partial charge in [-0.25, -0.2) is 9.97 Å². The summed E-state index contributed by atoms with van der Waals surface area (Å²) in [6.45, 7) is 2.09. The van der Waals surface area contributed by atoms with Crippen molar-refractivity contribution < 1.29 is 4.74 Å². The van der Waals surface area contributed by atoms with E-state index in [2.05, 4.69) is 21.4 Å². The number of rotatable bonds is 4. The second kappa shape index (κ2) is 5.88. The van der Waals surface area contributed by atoms with E-state index in [1.54, 1.807) is 6.33 Å². The van der Waals surface area contributed by atoms with Crippen LogP contribution in [0.3, 0.4) is 0 Å². The molecule has 3 N–H and O–H groups in total. The van der Waals surface area contributed by atoms with Gasteiger partial charge in [-0.05, 0) is 36.6 Å². The molecule has 0 radical (unpaired) electrons. The number of anilines is 1. The van der Waals surface area contributed by atoms with Crippen LogP contribution in [0, 0.1) is 0 Å². The fourth-order valence-electron chi connectivity index (χ4n) is 2.33. The van der Waals surface area contributed by atoms with Crippen molar-refractivity contribution in [3.63, 3.8) is 0 Å². The molecule has 2 heterocycles. The molecule has 1 aromatic carbocycles. The van der Waals surface area contributed by atoms with E-state index in [4.69, 9.17) is 10.5 Å². The average Bonchev–Trinajstić information content (AvgIpc) is 2.53. The maximum Gasteiger partial charge on any atom is 0.129 e. The molecule has 0 spiro atoms. The van der Waals surface area contributed by atoms with Crippen LogP contribution in [0.15, 0.2) is 30.6 Å². The van der Waals surface area contributed by atoms with Gasteiger partial charge >= 0.3 is 0 Å². The van der Waals surface area contributed by atoms with Crippen LogP contribution in [0.1, 0.15) is 12.0 Å². The number of aromatic nitrogens is 2. The summed E-state index contributed by atoms with van der Waals surface area (Å²) >= 11 is 0. The lowest BCUT2D eigenvalue weighted by Crippen LogP contribution is -2.14. The molecule has 0 aliphatic carbocycles. The molecule has 0 amide bonds. The molecular weight excluding hydrogens is 252 g/mol. The highest BCUT2D eigenvalue weighted by atomic mass is 16.5. The predicted octanol–water partition coefficient (Wildman–Crippen LogP) is 1.84. The van der Waals surface area contributed by atoms with E-state index in [0.29, 0.717) is 13.1 Å². The van der Waals surface area contributed by atoms with Crippen LogP contribution in [0.25, 0.3) is 11.3 Å². The number of benzene rings is 1. The quantitative estimate of drug-likeness (QED) is 0.887. The van der Waals surface area contributed by atoms with E-state index in [-0.39, 0.29) is 0 Å². The highest BCUT2D eigenvalue weighted by Crippen LogP contribution is 2.29. The van der Waals surface area contributed by atoms with Gasteiger partial charge in [-0.15, -0.1) is 0 Å².